The van der Waals surface area contributed by atoms with Crippen LogP contribution < -0.4 is 4.90 Å². The lowest BCUT2D eigenvalue weighted by Crippen LogP contribution is -2.49. The molecule has 168 valence electrons. The first-order valence-electron chi connectivity index (χ1n) is 11.8. The van der Waals surface area contributed by atoms with E-state index in [0.29, 0.717) is 6.42 Å². The molecular weight excluding hydrogens is 406 g/mol. The van der Waals surface area contributed by atoms with Gasteiger partial charge >= 0.3 is 0 Å². The number of H-pyrrole nitrogens is 1. The van der Waals surface area contributed by atoms with Crippen molar-refractivity contribution in [2.75, 3.05) is 31.1 Å². The van der Waals surface area contributed by atoms with Crippen LogP contribution in [-0.2, 0) is 4.79 Å². The molecule has 1 N–H and O–H groups in total. The van der Waals surface area contributed by atoms with Crippen molar-refractivity contribution < 1.29 is 4.79 Å². The lowest BCUT2D eigenvalue weighted by molar-refractivity contribution is -0.131. The molecule has 0 radical (unpaired) electrons. The second-order valence-corrected chi connectivity index (χ2v) is 9.11. The first-order chi connectivity index (χ1) is 16.1. The van der Waals surface area contributed by atoms with Crippen LogP contribution >= 0.6 is 0 Å². The molecule has 1 aromatic heterocycles. The number of para-hydroxylation sites is 2. The van der Waals surface area contributed by atoms with Crippen LogP contribution in [0.25, 0.3) is 10.9 Å². The van der Waals surface area contributed by atoms with Gasteiger partial charge in [-0.2, -0.15) is 0 Å². The predicted molar refractivity (Wildman–Crippen MR) is 136 cm³/mol. The van der Waals surface area contributed by atoms with Crippen molar-refractivity contribution in [3.8, 4) is 0 Å². The Labute approximate surface area is 195 Å². The summed E-state index contributed by atoms with van der Waals surface area (Å²) in [4.78, 5) is 21.4. The van der Waals surface area contributed by atoms with Crippen molar-refractivity contribution in [3.63, 3.8) is 0 Å². The number of anilines is 1. The SMILES string of the molecule is Cc1cccc(C(CC(=O)N2CCN(c3ccccc3C)CC2)c2c[nH]c3ccccc23)c1. The molecule has 4 nitrogen and oxygen atoms in total. The smallest absolute Gasteiger partial charge is 0.223 e. The topological polar surface area (TPSA) is 39.3 Å². The van der Waals surface area contributed by atoms with Crippen LogP contribution in [0.4, 0.5) is 5.69 Å². The van der Waals surface area contributed by atoms with E-state index >= 15 is 0 Å². The highest BCUT2D eigenvalue weighted by Gasteiger charge is 2.27. The molecule has 3 aromatic carbocycles. The first kappa shape index (κ1) is 21.3. The van der Waals surface area contributed by atoms with Gasteiger partial charge in [-0.25, -0.2) is 0 Å². The zero-order valence-electron chi connectivity index (χ0n) is 19.4. The maximum atomic E-state index is 13.5. The fourth-order valence-electron chi connectivity index (χ4n) is 5.10. The van der Waals surface area contributed by atoms with E-state index in [0.717, 1.165) is 31.7 Å². The third-order valence-electron chi connectivity index (χ3n) is 6.91. The Balaban J connectivity index is 1.36. The van der Waals surface area contributed by atoms with Crippen molar-refractivity contribution in [3.05, 3.63) is 101 Å². The van der Waals surface area contributed by atoms with E-state index in [-0.39, 0.29) is 11.8 Å². The number of rotatable bonds is 5. The summed E-state index contributed by atoms with van der Waals surface area (Å²) < 4.78 is 0. The van der Waals surface area contributed by atoms with Crippen molar-refractivity contribution in [1.82, 2.24) is 9.88 Å². The van der Waals surface area contributed by atoms with Crippen LogP contribution in [0.1, 0.15) is 34.6 Å². The maximum absolute atomic E-state index is 13.5. The number of carbonyl (C=O) groups is 1. The summed E-state index contributed by atoms with van der Waals surface area (Å²) in [6.45, 7) is 7.55. The third kappa shape index (κ3) is 4.38. The average molecular weight is 438 g/mol. The maximum Gasteiger partial charge on any atom is 0.223 e. The van der Waals surface area contributed by atoms with Gasteiger partial charge in [0.1, 0.15) is 0 Å². The number of aryl methyl sites for hydroxylation is 2. The largest absolute Gasteiger partial charge is 0.368 e. The minimum Gasteiger partial charge on any atom is -0.368 e. The number of aromatic amines is 1. The minimum atomic E-state index is 0.0305. The van der Waals surface area contributed by atoms with Gasteiger partial charge in [0, 0.05) is 61.3 Å². The molecule has 0 saturated carbocycles. The van der Waals surface area contributed by atoms with Gasteiger partial charge in [-0.1, -0.05) is 66.2 Å². The Morgan fingerprint density at radius 2 is 1.67 bits per heavy atom. The van der Waals surface area contributed by atoms with Crippen LogP contribution in [0, 0.1) is 13.8 Å². The lowest BCUT2D eigenvalue weighted by Gasteiger charge is -2.37. The van der Waals surface area contributed by atoms with E-state index in [1.54, 1.807) is 0 Å². The first-order valence-corrected chi connectivity index (χ1v) is 11.8. The summed E-state index contributed by atoms with van der Waals surface area (Å²) in [6.07, 6.45) is 2.57. The van der Waals surface area contributed by atoms with Crippen molar-refractivity contribution in [2.45, 2.75) is 26.2 Å². The van der Waals surface area contributed by atoms with Crippen LogP contribution in [-0.4, -0.2) is 42.0 Å². The normalized spacial score (nSPS) is 15.1. The summed E-state index contributed by atoms with van der Waals surface area (Å²) in [6, 6.07) is 25.4. The van der Waals surface area contributed by atoms with E-state index in [1.807, 2.05) is 11.0 Å². The van der Waals surface area contributed by atoms with Gasteiger partial charge in [-0.05, 0) is 42.7 Å². The molecule has 1 saturated heterocycles. The van der Waals surface area contributed by atoms with E-state index in [1.165, 1.54) is 33.3 Å². The summed E-state index contributed by atoms with van der Waals surface area (Å²) in [5.41, 5.74) is 7.30. The third-order valence-corrected chi connectivity index (χ3v) is 6.91. The molecule has 1 atom stereocenters. The van der Waals surface area contributed by atoms with Gasteiger partial charge in [0.05, 0.1) is 0 Å². The molecule has 2 heterocycles. The molecule has 33 heavy (non-hydrogen) atoms. The monoisotopic (exact) mass is 437 g/mol. The number of piperazine rings is 1. The molecule has 1 amide bonds. The molecule has 4 aromatic rings. The van der Waals surface area contributed by atoms with E-state index in [4.69, 9.17) is 0 Å². The Morgan fingerprint density at radius 1 is 0.909 bits per heavy atom. The molecule has 1 unspecified atom stereocenters. The predicted octanol–water partition coefficient (Wildman–Crippen LogP) is 5.66. The second-order valence-electron chi connectivity index (χ2n) is 9.11. The van der Waals surface area contributed by atoms with Gasteiger partial charge in [0.15, 0.2) is 0 Å². The zero-order chi connectivity index (χ0) is 22.8. The summed E-state index contributed by atoms with van der Waals surface area (Å²) in [5.74, 6) is 0.263. The molecule has 0 bridgehead atoms. The van der Waals surface area contributed by atoms with Gasteiger partial charge in [0.25, 0.3) is 0 Å². The van der Waals surface area contributed by atoms with Gasteiger partial charge < -0.3 is 14.8 Å². The van der Waals surface area contributed by atoms with E-state index < -0.39 is 0 Å². The van der Waals surface area contributed by atoms with E-state index in [9.17, 15) is 4.79 Å². The van der Waals surface area contributed by atoms with E-state index in [2.05, 4.69) is 96.7 Å². The number of carbonyl (C=O) groups excluding carboxylic acids is 1. The zero-order valence-corrected chi connectivity index (χ0v) is 19.4. The minimum absolute atomic E-state index is 0.0305. The quantitative estimate of drug-likeness (QED) is 0.438. The second kappa shape index (κ2) is 9.14. The van der Waals surface area contributed by atoms with Gasteiger partial charge in [-0.3, -0.25) is 4.79 Å². The number of aromatic nitrogens is 1. The molecule has 1 fully saturated rings. The van der Waals surface area contributed by atoms with Gasteiger partial charge in [-0.15, -0.1) is 0 Å². The van der Waals surface area contributed by atoms with Crippen LogP contribution in [0.15, 0.2) is 79.0 Å². The Morgan fingerprint density at radius 3 is 2.45 bits per heavy atom. The Kier molecular flexibility index (Phi) is 5.91. The fraction of sp³-hybridized carbons (Fsp3) is 0.276. The molecule has 0 aliphatic carbocycles. The number of nitrogens with one attached hydrogen (secondary N) is 1. The molecule has 1 aliphatic heterocycles. The van der Waals surface area contributed by atoms with Crippen molar-refractivity contribution in [1.29, 1.82) is 0 Å². The number of hydrogen-bond donors (Lipinski definition) is 1. The number of hydrogen-bond acceptors (Lipinski definition) is 2. The highest BCUT2D eigenvalue weighted by atomic mass is 16.2. The fourth-order valence-corrected chi connectivity index (χ4v) is 5.10. The lowest BCUT2D eigenvalue weighted by atomic mass is 9.87. The average Bonchev–Trinajstić information content (AvgIpc) is 3.27. The van der Waals surface area contributed by atoms with Crippen LogP contribution in [0.5, 0.6) is 0 Å². The molecule has 1 aliphatic rings. The number of benzene rings is 3. The summed E-state index contributed by atoms with van der Waals surface area (Å²) >= 11 is 0. The molecule has 0 spiro atoms. The standard InChI is InChI=1S/C29H31N3O/c1-21-8-7-10-23(18-21)25(26-20-30-27-12-5-4-11-24(26)27)19-29(33)32-16-14-31(15-17-32)28-13-6-3-9-22(28)2/h3-13,18,20,25,30H,14-17,19H2,1-2H3. The molecule has 5 rings (SSSR count). The molecule has 4 heteroatoms. The Bertz CT molecular complexity index is 1270. The van der Waals surface area contributed by atoms with Crippen LogP contribution in [0.3, 0.4) is 0 Å². The van der Waals surface area contributed by atoms with Crippen molar-refractivity contribution in [2.24, 2.45) is 0 Å². The summed E-state index contributed by atoms with van der Waals surface area (Å²) in [7, 11) is 0. The van der Waals surface area contributed by atoms with Gasteiger partial charge in [0.2, 0.25) is 5.91 Å². The highest BCUT2D eigenvalue weighted by Crippen LogP contribution is 2.34. The van der Waals surface area contributed by atoms with Crippen molar-refractivity contribution >= 4 is 22.5 Å². The highest BCUT2D eigenvalue weighted by molar-refractivity contribution is 5.86. The number of nitrogens with zero attached hydrogens (tertiary/aromatic N) is 2. The van der Waals surface area contributed by atoms with Crippen LogP contribution in [0.2, 0.25) is 0 Å². The Hall–Kier alpha value is -3.53. The summed E-state index contributed by atoms with van der Waals surface area (Å²) in [5, 5.41) is 1.20. The molecular formula is C29H31N3O. The number of fused-ring (bicyclic) bond motifs is 1. The number of amides is 1.